The Kier molecular flexibility index (Phi) is 2.58. The molecule has 0 saturated heterocycles. The Morgan fingerprint density at radius 1 is 1.47 bits per heavy atom. The fourth-order valence-corrected chi connectivity index (χ4v) is 1.62. The van der Waals surface area contributed by atoms with Crippen molar-refractivity contribution >= 4 is 17.3 Å². The van der Waals surface area contributed by atoms with E-state index < -0.39 is 0 Å². The van der Waals surface area contributed by atoms with Crippen LogP contribution in [-0.4, -0.2) is 25.5 Å². The lowest BCUT2D eigenvalue weighted by Crippen LogP contribution is -2.17. The summed E-state index contributed by atoms with van der Waals surface area (Å²) in [6.07, 6.45) is 3.27. The summed E-state index contributed by atoms with van der Waals surface area (Å²) in [5.74, 6) is -0.293. The van der Waals surface area contributed by atoms with Crippen molar-refractivity contribution in [2.75, 3.05) is 11.1 Å². The Balaban J connectivity index is 2.26. The van der Waals surface area contributed by atoms with Gasteiger partial charge in [-0.1, -0.05) is 0 Å². The molecule has 7 heteroatoms. The maximum Gasteiger partial charge on any atom is 0.276 e. The van der Waals surface area contributed by atoms with Crippen LogP contribution in [0.3, 0.4) is 0 Å². The second-order valence-electron chi connectivity index (χ2n) is 3.83. The highest BCUT2D eigenvalue weighted by atomic mass is 16.2. The summed E-state index contributed by atoms with van der Waals surface area (Å²) in [5.41, 5.74) is 7.81. The van der Waals surface area contributed by atoms with Crippen molar-refractivity contribution in [3.63, 3.8) is 0 Å². The van der Waals surface area contributed by atoms with Gasteiger partial charge in [0.1, 0.15) is 5.69 Å². The minimum absolute atomic E-state index is 0.293. The SMILES string of the molecule is Cc1nn(C)c(C(=O)Nc2cnn(C)c2)c1N. The molecule has 3 N–H and O–H groups in total. The van der Waals surface area contributed by atoms with E-state index in [0.717, 1.165) is 0 Å². The average molecular weight is 234 g/mol. The fourth-order valence-electron chi connectivity index (χ4n) is 1.62. The summed E-state index contributed by atoms with van der Waals surface area (Å²) in [7, 11) is 3.46. The number of aryl methyl sites for hydroxylation is 3. The number of hydrogen-bond acceptors (Lipinski definition) is 4. The molecule has 17 heavy (non-hydrogen) atoms. The molecule has 2 aromatic rings. The first-order valence-corrected chi connectivity index (χ1v) is 5.08. The van der Waals surface area contributed by atoms with E-state index in [0.29, 0.717) is 22.8 Å². The maximum absolute atomic E-state index is 12.0. The molecular weight excluding hydrogens is 220 g/mol. The molecule has 0 radical (unpaired) electrons. The van der Waals surface area contributed by atoms with Crippen LogP contribution in [-0.2, 0) is 14.1 Å². The molecule has 0 aliphatic carbocycles. The predicted octanol–water partition coefficient (Wildman–Crippen LogP) is 0.297. The lowest BCUT2D eigenvalue weighted by molar-refractivity contribution is 0.101. The molecule has 0 fully saturated rings. The summed E-state index contributed by atoms with van der Waals surface area (Å²) in [4.78, 5) is 12.0. The standard InChI is InChI=1S/C10H14N6O/c1-6-8(11)9(16(3)14-6)10(17)13-7-4-12-15(2)5-7/h4-5H,11H2,1-3H3,(H,13,17). The summed E-state index contributed by atoms with van der Waals surface area (Å²) >= 11 is 0. The van der Waals surface area contributed by atoms with Crippen molar-refractivity contribution in [2.45, 2.75) is 6.92 Å². The van der Waals surface area contributed by atoms with Gasteiger partial charge in [0.05, 0.1) is 23.3 Å². The molecule has 0 aliphatic heterocycles. The summed E-state index contributed by atoms with van der Waals surface area (Å²) in [6.45, 7) is 1.76. The Labute approximate surface area is 98.2 Å². The third-order valence-corrected chi connectivity index (χ3v) is 2.45. The molecule has 2 heterocycles. The number of nitrogen functional groups attached to an aromatic ring is 1. The van der Waals surface area contributed by atoms with E-state index in [2.05, 4.69) is 15.5 Å². The Morgan fingerprint density at radius 3 is 2.65 bits per heavy atom. The van der Waals surface area contributed by atoms with Crippen molar-refractivity contribution in [3.05, 3.63) is 23.8 Å². The number of aromatic nitrogens is 4. The van der Waals surface area contributed by atoms with Crippen LogP contribution in [0.15, 0.2) is 12.4 Å². The first kappa shape index (κ1) is 11.2. The van der Waals surface area contributed by atoms with E-state index in [1.165, 1.54) is 4.68 Å². The van der Waals surface area contributed by atoms with Gasteiger partial charge in [0.15, 0.2) is 0 Å². The normalized spacial score (nSPS) is 10.5. The molecule has 0 saturated carbocycles. The van der Waals surface area contributed by atoms with Gasteiger partial charge < -0.3 is 11.1 Å². The van der Waals surface area contributed by atoms with E-state index in [1.807, 2.05) is 0 Å². The van der Waals surface area contributed by atoms with E-state index in [9.17, 15) is 4.79 Å². The van der Waals surface area contributed by atoms with E-state index >= 15 is 0 Å². The average Bonchev–Trinajstić information content (AvgIpc) is 2.73. The lowest BCUT2D eigenvalue weighted by atomic mass is 10.3. The minimum Gasteiger partial charge on any atom is -0.395 e. The van der Waals surface area contributed by atoms with Gasteiger partial charge in [0.25, 0.3) is 5.91 Å². The third-order valence-electron chi connectivity index (χ3n) is 2.45. The van der Waals surface area contributed by atoms with Gasteiger partial charge in [-0.3, -0.25) is 14.2 Å². The molecule has 0 spiro atoms. The van der Waals surface area contributed by atoms with Crippen molar-refractivity contribution in [1.29, 1.82) is 0 Å². The summed E-state index contributed by atoms with van der Waals surface area (Å²) < 4.78 is 3.07. The van der Waals surface area contributed by atoms with Crippen molar-refractivity contribution in [1.82, 2.24) is 19.6 Å². The second kappa shape index (κ2) is 3.93. The predicted molar refractivity (Wildman–Crippen MR) is 63.5 cm³/mol. The van der Waals surface area contributed by atoms with E-state index in [-0.39, 0.29) is 5.91 Å². The van der Waals surface area contributed by atoms with E-state index in [4.69, 9.17) is 5.73 Å². The first-order chi connectivity index (χ1) is 7.99. The molecule has 2 rings (SSSR count). The van der Waals surface area contributed by atoms with Gasteiger partial charge in [-0.25, -0.2) is 0 Å². The number of rotatable bonds is 2. The molecule has 1 amide bonds. The summed E-state index contributed by atoms with van der Waals surface area (Å²) in [6, 6.07) is 0. The monoisotopic (exact) mass is 234 g/mol. The van der Waals surface area contributed by atoms with Crippen LogP contribution in [0.4, 0.5) is 11.4 Å². The topological polar surface area (TPSA) is 90.8 Å². The molecule has 0 bridgehead atoms. The van der Waals surface area contributed by atoms with Crippen LogP contribution in [0.2, 0.25) is 0 Å². The number of carbonyl (C=O) groups excluding carboxylic acids is 1. The Bertz CT molecular complexity index is 567. The van der Waals surface area contributed by atoms with Crippen molar-refractivity contribution in [2.24, 2.45) is 14.1 Å². The van der Waals surface area contributed by atoms with Gasteiger partial charge >= 0.3 is 0 Å². The van der Waals surface area contributed by atoms with Crippen LogP contribution in [0.1, 0.15) is 16.2 Å². The number of hydrogen-bond donors (Lipinski definition) is 2. The molecule has 7 nitrogen and oxygen atoms in total. The van der Waals surface area contributed by atoms with Crippen molar-refractivity contribution in [3.8, 4) is 0 Å². The molecule has 0 aliphatic rings. The molecular formula is C10H14N6O. The lowest BCUT2D eigenvalue weighted by Gasteiger charge is -2.03. The molecule has 2 aromatic heterocycles. The fraction of sp³-hybridized carbons (Fsp3) is 0.300. The van der Waals surface area contributed by atoms with Gasteiger partial charge in [-0.2, -0.15) is 10.2 Å². The number of nitrogens with one attached hydrogen (secondary N) is 1. The van der Waals surface area contributed by atoms with Gasteiger partial charge in [-0.15, -0.1) is 0 Å². The van der Waals surface area contributed by atoms with Crippen LogP contribution in [0, 0.1) is 6.92 Å². The van der Waals surface area contributed by atoms with E-state index in [1.54, 1.807) is 38.1 Å². The number of nitrogens with two attached hydrogens (primary N) is 1. The van der Waals surface area contributed by atoms with Crippen LogP contribution in [0.25, 0.3) is 0 Å². The van der Waals surface area contributed by atoms with Gasteiger partial charge in [0.2, 0.25) is 0 Å². The van der Waals surface area contributed by atoms with Crippen LogP contribution < -0.4 is 11.1 Å². The smallest absolute Gasteiger partial charge is 0.276 e. The second-order valence-corrected chi connectivity index (χ2v) is 3.83. The number of anilines is 2. The highest BCUT2D eigenvalue weighted by Gasteiger charge is 2.18. The number of amides is 1. The quantitative estimate of drug-likeness (QED) is 0.781. The number of carbonyl (C=O) groups is 1. The zero-order chi connectivity index (χ0) is 12.6. The highest BCUT2D eigenvalue weighted by molar-refractivity contribution is 6.06. The molecule has 90 valence electrons. The Hall–Kier alpha value is -2.31. The first-order valence-electron chi connectivity index (χ1n) is 5.08. The summed E-state index contributed by atoms with van der Waals surface area (Å²) in [5, 5.41) is 10.8. The third kappa shape index (κ3) is 1.99. The molecule has 0 atom stereocenters. The van der Waals surface area contributed by atoms with Crippen LogP contribution in [0.5, 0.6) is 0 Å². The zero-order valence-electron chi connectivity index (χ0n) is 9.93. The maximum atomic E-state index is 12.0. The largest absolute Gasteiger partial charge is 0.395 e. The minimum atomic E-state index is -0.293. The molecule has 0 aromatic carbocycles. The van der Waals surface area contributed by atoms with Gasteiger partial charge in [0, 0.05) is 20.3 Å². The zero-order valence-corrected chi connectivity index (χ0v) is 9.93. The highest BCUT2D eigenvalue weighted by Crippen LogP contribution is 2.16. The van der Waals surface area contributed by atoms with Crippen molar-refractivity contribution < 1.29 is 4.79 Å². The Morgan fingerprint density at radius 2 is 2.18 bits per heavy atom. The van der Waals surface area contributed by atoms with Crippen LogP contribution >= 0.6 is 0 Å². The number of nitrogens with zero attached hydrogens (tertiary/aromatic N) is 4. The van der Waals surface area contributed by atoms with Gasteiger partial charge in [-0.05, 0) is 6.92 Å². The molecule has 0 unspecified atom stereocenters.